The fourth-order valence-electron chi connectivity index (χ4n) is 4.14. The number of amides is 1. The lowest BCUT2D eigenvalue weighted by Gasteiger charge is -2.27. The van der Waals surface area contributed by atoms with Gasteiger partial charge in [0.15, 0.2) is 0 Å². The van der Waals surface area contributed by atoms with Gasteiger partial charge in [0.05, 0.1) is 11.6 Å². The molecule has 1 N–H and O–H groups in total. The van der Waals surface area contributed by atoms with E-state index in [1.54, 1.807) is 0 Å². The quantitative estimate of drug-likeness (QED) is 0.837. The molecule has 0 unspecified atom stereocenters. The number of ether oxygens (including phenoxy) is 1. The van der Waals surface area contributed by atoms with E-state index < -0.39 is 0 Å². The van der Waals surface area contributed by atoms with Gasteiger partial charge in [0.1, 0.15) is 0 Å². The zero-order valence-electron chi connectivity index (χ0n) is 16.2. The van der Waals surface area contributed by atoms with Crippen molar-refractivity contribution in [3.05, 3.63) is 35.4 Å². The molecule has 0 radical (unpaired) electrons. The van der Waals surface area contributed by atoms with Crippen molar-refractivity contribution in [2.75, 3.05) is 26.3 Å². The van der Waals surface area contributed by atoms with Gasteiger partial charge in [-0.05, 0) is 36.3 Å². The summed E-state index contributed by atoms with van der Waals surface area (Å²) in [5.74, 6) is 1.22. The summed E-state index contributed by atoms with van der Waals surface area (Å²) >= 11 is 0. The second-order valence-electron chi connectivity index (χ2n) is 7.87. The average molecular weight is 392 g/mol. The third-order valence-electron chi connectivity index (χ3n) is 5.75. The summed E-state index contributed by atoms with van der Waals surface area (Å²) in [6.07, 6.45) is 1.65. The molecule has 2 heterocycles. The van der Waals surface area contributed by atoms with Crippen molar-refractivity contribution in [1.29, 1.82) is 5.26 Å². The summed E-state index contributed by atoms with van der Waals surface area (Å²) in [5, 5.41) is 12.6. The molecule has 2 atom stereocenters. The first kappa shape index (κ1) is 21.7. The number of carbonyl (C=O) groups is 1. The van der Waals surface area contributed by atoms with E-state index in [2.05, 4.69) is 30.1 Å². The van der Waals surface area contributed by atoms with Gasteiger partial charge in [0.25, 0.3) is 0 Å². The van der Waals surface area contributed by atoms with Gasteiger partial charge in [-0.1, -0.05) is 32.0 Å². The van der Waals surface area contributed by atoms with Crippen LogP contribution in [-0.4, -0.2) is 43.2 Å². The highest BCUT2D eigenvalue weighted by Gasteiger charge is 2.36. The number of nitriles is 1. The number of carbonyl (C=O) groups excluding carboxylic acids is 1. The molecule has 0 spiro atoms. The largest absolute Gasteiger partial charge is 0.381 e. The molecule has 2 saturated heterocycles. The number of halogens is 1. The van der Waals surface area contributed by atoms with Crippen LogP contribution < -0.4 is 5.32 Å². The number of hydrogen-bond donors (Lipinski definition) is 1. The molecule has 3 rings (SSSR count). The van der Waals surface area contributed by atoms with Crippen LogP contribution in [0.1, 0.15) is 37.8 Å². The van der Waals surface area contributed by atoms with E-state index in [1.165, 1.54) is 0 Å². The van der Waals surface area contributed by atoms with Gasteiger partial charge in [-0.25, -0.2) is 0 Å². The van der Waals surface area contributed by atoms with E-state index in [0.29, 0.717) is 25.0 Å². The molecule has 2 fully saturated rings. The molecular weight excluding hydrogens is 362 g/mol. The normalized spacial score (nSPS) is 23.6. The SMILES string of the molecule is CC(C)[C@H]1CN(Cc2ccccc2C#N)C[C@@H]1NC(=O)C1CCOCC1.Cl. The Kier molecular flexibility index (Phi) is 8.09. The molecule has 148 valence electrons. The second-order valence-corrected chi connectivity index (χ2v) is 7.87. The first-order valence-electron chi connectivity index (χ1n) is 9.67. The van der Waals surface area contributed by atoms with Gasteiger partial charge in [-0.15, -0.1) is 12.4 Å². The first-order valence-corrected chi connectivity index (χ1v) is 9.67. The van der Waals surface area contributed by atoms with E-state index in [0.717, 1.165) is 43.6 Å². The molecule has 1 amide bonds. The Morgan fingerprint density at radius 2 is 2.00 bits per heavy atom. The maximum Gasteiger partial charge on any atom is 0.223 e. The standard InChI is InChI=1S/C21H29N3O2.ClH/c1-15(2)19-13-24(12-18-6-4-3-5-17(18)11-22)14-20(19)23-21(25)16-7-9-26-10-8-16;/h3-6,15-16,19-20H,7-10,12-14H2,1-2H3,(H,23,25);1H/t19-,20+;/m1./s1. The topological polar surface area (TPSA) is 65.4 Å². The van der Waals surface area contributed by atoms with Gasteiger partial charge >= 0.3 is 0 Å². The molecule has 5 nitrogen and oxygen atoms in total. The van der Waals surface area contributed by atoms with Gasteiger partial charge in [-0.2, -0.15) is 5.26 Å². The maximum absolute atomic E-state index is 12.7. The Morgan fingerprint density at radius 3 is 2.67 bits per heavy atom. The molecule has 0 aliphatic carbocycles. The fraction of sp³-hybridized carbons (Fsp3) is 0.619. The molecule has 2 aliphatic rings. The molecule has 2 aliphatic heterocycles. The first-order chi connectivity index (χ1) is 12.6. The summed E-state index contributed by atoms with van der Waals surface area (Å²) in [4.78, 5) is 15.0. The van der Waals surface area contributed by atoms with Gasteiger partial charge in [0.2, 0.25) is 5.91 Å². The lowest BCUT2D eigenvalue weighted by molar-refractivity contribution is -0.128. The third kappa shape index (κ3) is 5.44. The summed E-state index contributed by atoms with van der Waals surface area (Å²) in [7, 11) is 0. The van der Waals surface area contributed by atoms with Crippen LogP contribution >= 0.6 is 12.4 Å². The zero-order chi connectivity index (χ0) is 18.5. The minimum Gasteiger partial charge on any atom is -0.381 e. The van der Waals surface area contributed by atoms with Crippen molar-refractivity contribution in [3.8, 4) is 6.07 Å². The van der Waals surface area contributed by atoms with Crippen molar-refractivity contribution in [2.24, 2.45) is 17.8 Å². The van der Waals surface area contributed by atoms with Crippen molar-refractivity contribution in [3.63, 3.8) is 0 Å². The number of hydrogen-bond acceptors (Lipinski definition) is 4. The monoisotopic (exact) mass is 391 g/mol. The van der Waals surface area contributed by atoms with Crippen LogP contribution in [-0.2, 0) is 16.1 Å². The average Bonchev–Trinajstić information content (AvgIpc) is 3.05. The van der Waals surface area contributed by atoms with E-state index in [4.69, 9.17) is 4.74 Å². The van der Waals surface area contributed by atoms with Crippen LogP contribution in [0.5, 0.6) is 0 Å². The molecule has 27 heavy (non-hydrogen) atoms. The van der Waals surface area contributed by atoms with E-state index >= 15 is 0 Å². The molecule has 6 heteroatoms. The van der Waals surface area contributed by atoms with E-state index in [9.17, 15) is 10.1 Å². The van der Waals surface area contributed by atoms with Gasteiger partial charge in [-0.3, -0.25) is 9.69 Å². The molecule has 1 aromatic rings. The molecule has 0 bridgehead atoms. The van der Waals surface area contributed by atoms with Gasteiger partial charge in [0, 0.05) is 44.8 Å². The predicted molar refractivity (Wildman–Crippen MR) is 107 cm³/mol. The molecule has 0 saturated carbocycles. The lowest BCUT2D eigenvalue weighted by Crippen LogP contribution is -2.45. The Labute approximate surface area is 168 Å². The molecule has 0 aromatic heterocycles. The lowest BCUT2D eigenvalue weighted by atomic mass is 9.90. The minimum atomic E-state index is 0. The minimum absolute atomic E-state index is 0. The highest BCUT2D eigenvalue weighted by atomic mass is 35.5. The number of rotatable bonds is 5. The van der Waals surface area contributed by atoms with Crippen molar-refractivity contribution >= 4 is 18.3 Å². The smallest absolute Gasteiger partial charge is 0.223 e. The molecule has 1 aromatic carbocycles. The Balaban J connectivity index is 0.00000261. The zero-order valence-corrected chi connectivity index (χ0v) is 17.0. The Bertz CT molecular complexity index is 668. The van der Waals surface area contributed by atoms with Crippen LogP contribution in [0.4, 0.5) is 0 Å². The summed E-state index contributed by atoms with van der Waals surface area (Å²) in [6.45, 7) is 8.39. The summed E-state index contributed by atoms with van der Waals surface area (Å²) < 4.78 is 5.37. The van der Waals surface area contributed by atoms with Crippen LogP contribution in [0.25, 0.3) is 0 Å². The van der Waals surface area contributed by atoms with Crippen molar-refractivity contribution in [1.82, 2.24) is 10.2 Å². The van der Waals surface area contributed by atoms with Crippen molar-refractivity contribution in [2.45, 2.75) is 39.3 Å². The van der Waals surface area contributed by atoms with Crippen LogP contribution in [0, 0.1) is 29.1 Å². The molecular formula is C21H30ClN3O2. The number of nitrogens with zero attached hydrogens (tertiary/aromatic N) is 2. The Morgan fingerprint density at radius 1 is 1.30 bits per heavy atom. The van der Waals surface area contributed by atoms with Gasteiger partial charge < -0.3 is 10.1 Å². The summed E-state index contributed by atoms with van der Waals surface area (Å²) in [6, 6.07) is 10.2. The Hall–Kier alpha value is -1.61. The number of benzene rings is 1. The van der Waals surface area contributed by atoms with Crippen LogP contribution in [0.15, 0.2) is 24.3 Å². The number of likely N-dealkylation sites (tertiary alicyclic amines) is 1. The fourth-order valence-corrected chi connectivity index (χ4v) is 4.14. The third-order valence-corrected chi connectivity index (χ3v) is 5.75. The van der Waals surface area contributed by atoms with Crippen LogP contribution in [0.2, 0.25) is 0 Å². The highest BCUT2D eigenvalue weighted by molar-refractivity contribution is 5.85. The van der Waals surface area contributed by atoms with Crippen molar-refractivity contribution < 1.29 is 9.53 Å². The highest BCUT2D eigenvalue weighted by Crippen LogP contribution is 2.27. The van der Waals surface area contributed by atoms with E-state index in [-0.39, 0.29) is 30.3 Å². The number of nitrogens with one attached hydrogen (secondary N) is 1. The second kappa shape index (κ2) is 10.1. The predicted octanol–water partition coefficient (Wildman–Crippen LogP) is 2.98. The van der Waals surface area contributed by atoms with E-state index in [1.807, 2.05) is 24.3 Å². The van der Waals surface area contributed by atoms with Crippen LogP contribution in [0.3, 0.4) is 0 Å². The maximum atomic E-state index is 12.7. The summed E-state index contributed by atoms with van der Waals surface area (Å²) in [5.41, 5.74) is 1.80.